The van der Waals surface area contributed by atoms with E-state index in [1.165, 1.54) is 19.1 Å². The molecule has 0 saturated heterocycles. The third-order valence-corrected chi connectivity index (χ3v) is 1.99. The van der Waals surface area contributed by atoms with Gasteiger partial charge in [-0.15, -0.1) is 0 Å². The van der Waals surface area contributed by atoms with Crippen molar-refractivity contribution in [1.82, 2.24) is 10.1 Å². The van der Waals surface area contributed by atoms with Gasteiger partial charge in [-0.1, -0.05) is 5.16 Å². The minimum atomic E-state index is -0.0157. The quantitative estimate of drug-likeness (QED) is 0.846. The molecule has 1 aromatic heterocycles. The van der Waals surface area contributed by atoms with Gasteiger partial charge in [-0.05, 0) is 31.2 Å². The third-order valence-electron chi connectivity index (χ3n) is 1.99. The number of hydrogen-bond donors (Lipinski definition) is 1. The molecular formula is C11H10N2O3. The lowest BCUT2D eigenvalue weighted by Gasteiger charge is -1.93. The predicted molar refractivity (Wildman–Crippen MR) is 55.8 cm³/mol. The van der Waals surface area contributed by atoms with E-state index in [-0.39, 0.29) is 18.0 Å². The smallest absolute Gasteiger partial charge is 0.257 e. The summed E-state index contributed by atoms with van der Waals surface area (Å²) in [6.45, 7) is 1.47. The monoisotopic (exact) mass is 218 g/mol. The minimum absolute atomic E-state index is 0.0157. The third kappa shape index (κ3) is 2.25. The molecule has 16 heavy (non-hydrogen) atoms. The number of Topliss-reactive ketones (excluding diaryl/α,β-unsaturated/α-hetero) is 1. The van der Waals surface area contributed by atoms with E-state index in [9.17, 15) is 4.79 Å². The zero-order chi connectivity index (χ0) is 11.5. The molecule has 1 N–H and O–H groups in total. The van der Waals surface area contributed by atoms with Crippen molar-refractivity contribution in [1.29, 1.82) is 0 Å². The van der Waals surface area contributed by atoms with E-state index in [0.29, 0.717) is 17.3 Å². The molecule has 82 valence electrons. The molecule has 0 atom stereocenters. The summed E-state index contributed by atoms with van der Waals surface area (Å²) in [7, 11) is 0. The summed E-state index contributed by atoms with van der Waals surface area (Å²) in [4.78, 5) is 14.9. The first-order chi connectivity index (χ1) is 7.65. The molecule has 1 aromatic carbocycles. The molecular weight excluding hydrogens is 208 g/mol. The van der Waals surface area contributed by atoms with Gasteiger partial charge in [0.2, 0.25) is 0 Å². The highest BCUT2D eigenvalue weighted by atomic mass is 16.5. The second kappa shape index (κ2) is 4.14. The van der Waals surface area contributed by atoms with Crippen molar-refractivity contribution in [2.45, 2.75) is 13.3 Å². The summed E-state index contributed by atoms with van der Waals surface area (Å²) in [5.41, 5.74) is 0.708. The molecule has 2 aromatic rings. The number of phenols is 1. The summed E-state index contributed by atoms with van der Waals surface area (Å²) < 4.78 is 5.00. The van der Waals surface area contributed by atoms with E-state index >= 15 is 0 Å². The Hall–Kier alpha value is -2.17. The molecule has 0 unspecified atom stereocenters. The molecule has 0 bridgehead atoms. The van der Waals surface area contributed by atoms with Crippen LogP contribution in [0.1, 0.15) is 12.7 Å². The highest BCUT2D eigenvalue weighted by Gasteiger charge is 2.09. The SMILES string of the molecule is CC(=O)Cc1noc(-c2ccc(O)cc2)n1. The Morgan fingerprint density at radius 3 is 2.69 bits per heavy atom. The van der Waals surface area contributed by atoms with Crippen LogP contribution in [0.4, 0.5) is 0 Å². The molecule has 0 aliphatic carbocycles. The Morgan fingerprint density at radius 1 is 1.38 bits per heavy atom. The largest absolute Gasteiger partial charge is 0.508 e. The van der Waals surface area contributed by atoms with E-state index < -0.39 is 0 Å². The molecule has 0 spiro atoms. The van der Waals surface area contributed by atoms with Crippen LogP contribution in [-0.4, -0.2) is 21.0 Å². The van der Waals surface area contributed by atoms with Gasteiger partial charge in [-0.2, -0.15) is 4.98 Å². The first-order valence-corrected chi connectivity index (χ1v) is 4.76. The fourth-order valence-corrected chi connectivity index (χ4v) is 1.27. The number of nitrogens with zero attached hydrogens (tertiary/aromatic N) is 2. The van der Waals surface area contributed by atoms with Gasteiger partial charge in [0.15, 0.2) is 5.82 Å². The Balaban J connectivity index is 2.24. The zero-order valence-electron chi connectivity index (χ0n) is 8.67. The average molecular weight is 218 g/mol. The van der Waals surface area contributed by atoms with E-state index in [2.05, 4.69) is 10.1 Å². The number of aromatic hydroxyl groups is 1. The number of benzene rings is 1. The zero-order valence-corrected chi connectivity index (χ0v) is 8.67. The van der Waals surface area contributed by atoms with Crippen molar-refractivity contribution in [2.24, 2.45) is 0 Å². The summed E-state index contributed by atoms with van der Waals surface area (Å²) in [6.07, 6.45) is 0.168. The summed E-state index contributed by atoms with van der Waals surface area (Å²) >= 11 is 0. The molecule has 0 aliphatic heterocycles. The van der Waals surface area contributed by atoms with Gasteiger partial charge < -0.3 is 9.63 Å². The maximum Gasteiger partial charge on any atom is 0.257 e. The molecule has 5 nitrogen and oxygen atoms in total. The number of hydrogen-bond acceptors (Lipinski definition) is 5. The highest BCUT2D eigenvalue weighted by Crippen LogP contribution is 2.19. The molecule has 0 amide bonds. The van der Waals surface area contributed by atoms with Gasteiger partial charge in [0.1, 0.15) is 11.5 Å². The van der Waals surface area contributed by atoms with Crippen LogP contribution in [0.15, 0.2) is 28.8 Å². The second-order valence-electron chi connectivity index (χ2n) is 3.44. The van der Waals surface area contributed by atoms with Crippen molar-refractivity contribution >= 4 is 5.78 Å². The summed E-state index contributed by atoms with van der Waals surface area (Å²) in [5, 5.41) is 12.8. The van der Waals surface area contributed by atoms with E-state index in [1.807, 2.05) is 0 Å². The van der Waals surface area contributed by atoms with E-state index in [0.717, 1.165) is 0 Å². The Labute approximate surface area is 91.7 Å². The first-order valence-electron chi connectivity index (χ1n) is 4.76. The van der Waals surface area contributed by atoms with Crippen molar-refractivity contribution in [2.75, 3.05) is 0 Å². The lowest BCUT2D eigenvalue weighted by atomic mass is 10.2. The van der Waals surface area contributed by atoms with Crippen LogP contribution in [0.25, 0.3) is 11.5 Å². The molecule has 0 fully saturated rings. The van der Waals surface area contributed by atoms with Gasteiger partial charge in [0, 0.05) is 5.56 Å². The Bertz CT molecular complexity index is 502. The predicted octanol–water partition coefficient (Wildman–Crippen LogP) is 1.57. The lowest BCUT2D eigenvalue weighted by molar-refractivity contribution is -0.116. The van der Waals surface area contributed by atoms with Gasteiger partial charge in [-0.3, -0.25) is 4.79 Å². The molecule has 0 radical (unpaired) electrons. The van der Waals surface area contributed by atoms with Crippen molar-refractivity contribution in [3.05, 3.63) is 30.1 Å². The normalized spacial score (nSPS) is 10.3. The average Bonchev–Trinajstić information content (AvgIpc) is 2.66. The summed E-state index contributed by atoms with van der Waals surface area (Å²) in [6, 6.07) is 6.40. The Morgan fingerprint density at radius 2 is 2.06 bits per heavy atom. The van der Waals surface area contributed by atoms with Gasteiger partial charge in [-0.25, -0.2) is 0 Å². The van der Waals surface area contributed by atoms with E-state index in [1.54, 1.807) is 12.1 Å². The molecule has 0 saturated carbocycles. The second-order valence-corrected chi connectivity index (χ2v) is 3.44. The van der Waals surface area contributed by atoms with Crippen molar-refractivity contribution in [3.8, 4) is 17.2 Å². The van der Waals surface area contributed by atoms with Crippen LogP contribution in [-0.2, 0) is 11.2 Å². The maximum atomic E-state index is 10.8. The van der Waals surface area contributed by atoms with Crippen LogP contribution >= 0.6 is 0 Å². The van der Waals surface area contributed by atoms with Crippen LogP contribution in [0, 0.1) is 0 Å². The van der Waals surface area contributed by atoms with Crippen LogP contribution in [0.3, 0.4) is 0 Å². The van der Waals surface area contributed by atoms with E-state index in [4.69, 9.17) is 9.63 Å². The number of carbonyl (C=O) groups excluding carboxylic acids is 1. The standard InChI is InChI=1S/C11H10N2O3/c1-7(14)6-10-12-11(16-13-10)8-2-4-9(15)5-3-8/h2-5,15H,6H2,1H3. The number of phenolic OH excluding ortho intramolecular Hbond substituents is 1. The highest BCUT2D eigenvalue weighted by molar-refractivity contribution is 5.77. The fourth-order valence-electron chi connectivity index (χ4n) is 1.27. The number of rotatable bonds is 3. The van der Waals surface area contributed by atoms with Crippen molar-refractivity contribution in [3.63, 3.8) is 0 Å². The van der Waals surface area contributed by atoms with Crippen LogP contribution in [0.5, 0.6) is 5.75 Å². The number of aromatic nitrogens is 2. The molecule has 0 aliphatic rings. The van der Waals surface area contributed by atoms with Crippen molar-refractivity contribution < 1.29 is 14.4 Å². The number of carbonyl (C=O) groups is 1. The van der Waals surface area contributed by atoms with Crippen LogP contribution in [0.2, 0.25) is 0 Å². The van der Waals surface area contributed by atoms with Gasteiger partial charge in [0.25, 0.3) is 5.89 Å². The topological polar surface area (TPSA) is 76.2 Å². The molecule has 2 rings (SSSR count). The van der Waals surface area contributed by atoms with Gasteiger partial charge >= 0.3 is 0 Å². The maximum absolute atomic E-state index is 10.8. The first kappa shape index (κ1) is 10.4. The van der Waals surface area contributed by atoms with Gasteiger partial charge in [0.05, 0.1) is 6.42 Å². The fraction of sp³-hybridized carbons (Fsp3) is 0.182. The minimum Gasteiger partial charge on any atom is -0.508 e. The summed E-state index contributed by atoms with van der Waals surface area (Å²) in [5.74, 6) is 0.872. The number of ketones is 1. The molecule has 1 heterocycles. The lowest BCUT2D eigenvalue weighted by Crippen LogP contribution is -1.97. The Kier molecular flexibility index (Phi) is 2.68. The van der Waals surface area contributed by atoms with Crippen LogP contribution < -0.4 is 0 Å². The molecule has 5 heteroatoms.